The van der Waals surface area contributed by atoms with E-state index in [-0.39, 0.29) is 17.7 Å². The molecule has 2 N–H and O–H groups in total. The molecule has 150 valence electrons. The summed E-state index contributed by atoms with van der Waals surface area (Å²) in [5.74, 6) is -0.778. The summed E-state index contributed by atoms with van der Waals surface area (Å²) in [6.45, 7) is 0. The van der Waals surface area contributed by atoms with E-state index in [0.29, 0.717) is 33.4 Å². The molecule has 0 saturated heterocycles. The van der Waals surface area contributed by atoms with Crippen molar-refractivity contribution in [3.05, 3.63) is 75.3 Å². The zero-order chi connectivity index (χ0) is 21.1. The summed E-state index contributed by atoms with van der Waals surface area (Å²) < 4.78 is 0. The van der Waals surface area contributed by atoms with Crippen LogP contribution in [0.2, 0.25) is 5.02 Å². The minimum Gasteiger partial charge on any atom is -0.326 e. The molecule has 30 heavy (non-hydrogen) atoms. The fourth-order valence-electron chi connectivity index (χ4n) is 3.36. The topological polar surface area (TPSA) is 94.9 Å². The molecular weight excluding hydrogens is 420 g/mol. The third-order valence-electron chi connectivity index (χ3n) is 4.88. The Bertz CT molecular complexity index is 1130. The zero-order valence-corrected chi connectivity index (χ0v) is 17.4. The van der Waals surface area contributed by atoms with Gasteiger partial charge in [0.25, 0.3) is 5.91 Å². The van der Waals surface area contributed by atoms with E-state index in [9.17, 15) is 9.59 Å². The third-order valence-corrected chi connectivity index (χ3v) is 6.18. The molecule has 8 heteroatoms. The van der Waals surface area contributed by atoms with Crippen LogP contribution in [0.15, 0.2) is 48.5 Å². The van der Waals surface area contributed by atoms with E-state index in [1.165, 1.54) is 11.3 Å². The first kappa shape index (κ1) is 20.1. The second-order valence-corrected chi connectivity index (χ2v) is 8.43. The lowest BCUT2D eigenvalue weighted by atomic mass is 9.90. The van der Waals surface area contributed by atoms with Gasteiger partial charge in [-0.25, -0.2) is 4.98 Å². The summed E-state index contributed by atoms with van der Waals surface area (Å²) >= 11 is 7.28. The maximum Gasteiger partial charge on any atom is 0.257 e. The van der Waals surface area contributed by atoms with Gasteiger partial charge in [-0.2, -0.15) is 5.26 Å². The lowest BCUT2D eigenvalue weighted by Crippen LogP contribution is -2.24. The number of hydrogen-bond acceptors (Lipinski definition) is 5. The number of amides is 2. The van der Waals surface area contributed by atoms with Gasteiger partial charge in [0.2, 0.25) is 5.91 Å². The van der Waals surface area contributed by atoms with E-state index in [1.807, 2.05) is 0 Å². The minimum atomic E-state index is -0.373. The molecule has 1 heterocycles. The van der Waals surface area contributed by atoms with Crippen molar-refractivity contribution in [2.24, 2.45) is 0 Å². The highest BCUT2D eigenvalue weighted by Gasteiger charge is 2.30. The number of nitrogens with zero attached hydrogens (tertiary/aromatic N) is 2. The van der Waals surface area contributed by atoms with E-state index < -0.39 is 0 Å². The Balaban J connectivity index is 1.49. The number of carbonyl (C=O) groups is 2. The number of aryl methyl sites for hydroxylation is 1. The Labute approximate surface area is 182 Å². The highest BCUT2D eigenvalue weighted by molar-refractivity contribution is 7.16. The van der Waals surface area contributed by atoms with Crippen LogP contribution in [-0.2, 0) is 11.2 Å². The van der Waals surface area contributed by atoms with E-state index in [2.05, 4.69) is 21.7 Å². The van der Waals surface area contributed by atoms with Crippen molar-refractivity contribution < 1.29 is 9.59 Å². The van der Waals surface area contributed by atoms with Crippen molar-refractivity contribution in [2.45, 2.75) is 25.2 Å². The van der Waals surface area contributed by atoms with Gasteiger partial charge in [-0.05, 0) is 67.8 Å². The van der Waals surface area contributed by atoms with Crippen molar-refractivity contribution in [1.29, 1.82) is 5.26 Å². The second-order valence-electron chi connectivity index (χ2n) is 6.91. The number of fused-ring (bicyclic) bond motifs is 1. The number of carbonyl (C=O) groups excluding carboxylic acids is 2. The van der Waals surface area contributed by atoms with Crippen LogP contribution in [0.4, 0.5) is 10.8 Å². The molecule has 0 radical (unpaired) electrons. The average molecular weight is 437 g/mol. The number of hydrogen-bond donors (Lipinski definition) is 2. The number of aromatic nitrogens is 1. The van der Waals surface area contributed by atoms with Gasteiger partial charge >= 0.3 is 0 Å². The Morgan fingerprint density at radius 2 is 1.83 bits per heavy atom. The molecule has 1 aliphatic rings. The smallest absolute Gasteiger partial charge is 0.257 e. The van der Waals surface area contributed by atoms with Gasteiger partial charge < -0.3 is 5.32 Å². The van der Waals surface area contributed by atoms with E-state index in [4.69, 9.17) is 16.9 Å². The molecule has 0 saturated carbocycles. The zero-order valence-electron chi connectivity index (χ0n) is 15.8. The first-order valence-corrected chi connectivity index (χ1v) is 10.6. The summed E-state index contributed by atoms with van der Waals surface area (Å²) in [6, 6.07) is 15.4. The number of benzene rings is 2. The predicted molar refractivity (Wildman–Crippen MR) is 117 cm³/mol. The van der Waals surface area contributed by atoms with E-state index >= 15 is 0 Å². The number of halogens is 1. The number of rotatable bonds is 4. The lowest BCUT2D eigenvalue weighted by molar-refractivity contribution is -0.117. The monoisotopic (exact) mass is 436 g/mol. The van der Waals surface area contributed by atoms with Gasteiger partial charge in [-0.15, -0.1) is 11.3 Å². The number of thiazole rings is 1. The van der Waals surface area contributed by atoms with Gasteiger partial charge in [0.1, 0.15) is 0 Å². The van der Waals surface area contributed by atoms with Gasteiger partial charge in [0.05, 0.1) is 23.2 Å². The van der Waals surface area contributed by atoms with Crippen LogP contribution >= 0.6 is 22.9 Å². The number of anilines is 2. The van der Waals surface area contributed by atoms with Gasteiger partial charge in [0, 0.05) is 21.2 Å². The van der Waals surface area contributed by atoms with Crippen molar-refractivity contribution >= 4 is 45.6 Å². The van der Waals surface area contributed by atoms with Crippen LogP contribution in [0, 0.1) is 11.3 Å². The van der Waals surface area contributed by atoms with Crippen LogP contribution in [0.1, 0.15) is 45.3 Å². The molecule has 0 bridgehead atoms. The van der Waals surface area contributed by atoms with Crippen LogP contribution in [-0.4, -0.2) is 16.8 Å². The molecule has 1 aliphatic carbocycles. The Morgan fingerprint density at radius 1 is 1.10 bits per heavy atom. The summed E-state index contributed by atoms with van der Waals surface area (Å²) in [5, 5.41) is 15.7. The highest BCUT2D eigenvalue weighted by atomic mass is 35.5. The molecule has 1 unspecified atom stereocenters. The first-order chi connectivity index (χ1) is 14.5. The quantitative estimate of drug-likeness (QED) is 0.603. The minimum absolute atomic E-state index is 0.137. The molecule has 0 spiro atoms. The van der Waals surface area contributed by atoms with Gasteiger partial charge in [-0.1, -0.05) is 11.6 Å². The van der Waals surface area contributed by atoms with Crippen LogP contribution in [0.25, 0.3) is 0 Å². The summed E-state index contributed by atoms with van der Waals surface area (Å²) in [7, 11) is 0. The molecule has 6 nitrogen and oxygen atoms in total. The van der Waals surface area contributed by atoms with Crippen molar-refractivity contribution in [3.8, 4) is 6.07 Å². The van der Waals surface area contributed by atoms with Gasteiger partial charge in [-0.3, -0.25) is 14.9 Å². The Hall–Kier alpha value is -3.21. The molecule has 1 atom stereocenters. The van der Waals surface area contributed by atoms with Crippen LogP contribution < -0.4 is 10.6 Å². The molecular formula is C22H17ClN4O2S. The summed E-state index contributed by atoms with van der Waals surface area (Å²) in [4.78, 5) is 30.9. The van der Waals surface area contributed by atoms with Crippen molar-refractivity contribution in [3.63, 3.8) is 0 Å². The molecule has 0 fully saturated rings. The third kappa shape index (κ3) is 4.35. The maximum atomic E-state index is 12.9. The molecule has 2 amide bonds. The van der Waals surface area contributed by atoms with Crippen LogP contribution in [0.3, 0.4) is 0 Å². The second kappa shape index (κ2) is 8.66. The van der Waals surface area contributed by atoms with Gasteiger partial charge in [0.15, 0.2) is 5.13 Å². The standard InChI is InChI=1S/C22H17ClN4O2S/c23-15-8-6-14(7-9-15)20(28)27-22-26-19-17(2-1-3-18(19)30-22)21(29)25-16-10-4-13(12-24)5-11-16/h4-11,17H,1-3H2,(H,25,29)(H,26,27,28). The molecule has 4 rings (SSSR count). The number of nitrogens with one attached hydrogen (secondary N) is 2. The highest BCUT2D eigenvalue weighted by Crippen LogP contribution is 2.37. The molecule has 3 aromatic rings. The molecule has 0 aliphatic heterocycles. The SMILES string of the molecule is N#Cc1ccc(NC(=O)C2CCCc3sc(NC(=O)c4ccc(Cl)cc4)nc32)cc1. The van der Waals surface area contributed by atoms with Crippen molar-refractivity contribution in [2.75, 3.05) is 10.6 Å². The fraction of sp³-hybridized carbons (Fsp3) is 0.182. The molecule has 1 aromatic heterocycles. The Morgan fingerprint density at radius 3 is 2.53 bits per heavy atom. The summed E-state index contributed by atoms with van der Waals surface area (Å²) in [6.07, 6.45) is 2.42. The normalized spacial score (nSPS) is 15.0. The largest absolute Gasteiger partial charge is 0.326 e. The lowest BCUT2D eigenvalue weighted by Gasteiger charge is -2.20. The molecule has 2 aromatic carbocycles. The predicted octanol–water partition coefficient (Wildman–Crippen LogP) is 4.98. The average Bonchev–Trinajstić information content (AvgIpc) is 3.17. The Kier molecular flexibility index (Phi) is 5.79. The first-order valence-electron chi connectivity index (χ1n) is 9.41. The van der Waals surface area contributed by atoms with E-state index in [1.54, 1.807) is 48.5 Å². The number of nitriles is 1. The van der Waals surface area contributed by atoms with E-state index in [0.717, 1.165) is 23.4 Å². The van der Waals surface area contributed by atoms with Crippen molar-refractivity contribution in [1.82, 2.24) is 4.98 Å². The van der Waals surface area contributed by atoms with Crippen LogP contribution in [0.5, 0.6) is 0 Å². The fourth-order valence-corrected chi connectivity index (χ4v) is 4.54. The maximum absolute atomic E-state index is 12.9. The summed E-state index contributed by atoms with van der Waals surface area (Å²) in [5.41, 5.74) is 2.39.